The van der Waals surface area contributed by atoms with Gasteiger partial charge in [-0.15, -0.1) is 11.3 Å². The zero-order valence-corrected chi connectivity index (χ0v) is 13.3. The first kappa shape index (κ1) is 16.1. The Labute approximate surface area is 124 Å². The summed E-state index contributed by atoms with van der Waals surface area (Å²) in [6, 6.07) is 1.99. The Hall–Kier alpha value is -0.920. The van der Waals surface area contributed by atoms with E-state index in [1.165, 1.54) is 0 Å². The number of thiophene rings is 1. The van der Waals surface area contributed by atoms with Gasteiger partial charge >= 0.3 is 5.97 Å². The van der Waals surface area contributed by atoms with Gasteiger partial charge in [0, 0.05) is 28.3 Å². The van der Waals surface area contributed by atoms with Gasteiger partial charge in [0.15, 0.2) is 0 Å². The summed E-state index contributed by atoms with van der Waals surface area (Å²) in [5.41, 5.74) is 0. The Morgan fingerprint density at radius 2 is 2.11 bits per heavy atom. The topological polar surface area (TPSA) is 60.9 Å². The molecule has 0 unspecified atom stereocenters. The minimum Gasteiger partial charge on any atom is -0.481 e. The summed E-state index contributed by atoms with van der Waals surface area (Å²) in [7, 11) is 3.50. The third-order valence-electron chi connectivity index (χ3n) is 2.55. The fourth-order valence-corrected chi connectivity index (χ4v) is 2.98. The minimum absolute atomic E-state index is 0.0163. The van der Waals surface area contributed by atoms with Gasteiger partial charge in [-0.1, -0.05) is 0 Å². The van der Waals surface area contributed by atoms with Gasteiger partial charge in [0.05, 0.1) is 19.5 Å². The van der Waals surface area contributed by atoms with Crippen LogP contribution in [0.4, 0.5) is 0 Å². The van der Waals surface area contributed by atoms with Crippen molar-refractivity contribution in [3.63, 3.8) is 0 Å². The second kappa shape index (κ2) is 7.62. The molecule has 1 amide bonds. The van der Waals surface area contributed by atoms with Crippen molar-refractivity contribution < 1.29 is 14.7 Å². The summed E-state index contributed by atoms with van der Waals surface area (Å²) in [4.78, 5) is 26.9. The molecule has 1 heterocycles. The van der Waals surface area contributed by atoms with E-state index in [0.29, 0.717) is 13.1 Å². The normalized spacial score (nSPS) is 10.7. The number of carboxylic acids is 1. The maximum atomic E-state index is 11.9. The van der Waals surface area contributed by atoms with Gasteiger partial charge in [0.2, 0.25) is 5.91 Å². The van der Waals surface area contributed by atoms with Crippen molar-refractivity contribution in [2.75, 3.05) is 27.2 Å². The van der Waals surface area contributed by atoms with E-state index in [9.17, 15) is 9.59 Å². The number of likely N-dealkylation sites (N-methyl/N-ethyl adjacent to an activating group) is 2. The van der Waals surface area contributed by atoms with Crippen molar-refractivity contribution >= 4 is 39.1 Å². The average Bonchev–Trinajstić information content (AvgIpc) is 2.72. The van der Waals surface area contributed by atoms with Crippen molar-refractivity contribution in [2.45, 2.75) is 13.0 Å². The summed E-state index contributed by atoms with van der Waals surface area (Å²) < 4.78 is 1.02. The van der Waals surface area contributed by atoms with Crippen LogP contribution >= 0.6 is 27.3 Å². The third kappa shape index (κ3) is 6.17. The molecule has 106 valence electrons. The molecule has 1 aromatic heterocycles. The number of hydrogen-bond acceptors (Lipinski definition) is 4. The molecule has 0 bridgehead atoms. The number of hydrogen-bond donors (Lipinski definition) is 1. The van der Waals surface area contributed by atoms with E-state index in [0.717, 1.165) is 9.35 Å². The van der Waals surface area contributed by atoms with E-state index in [1.807, 2.05) is 11.4 Å². The van der Waals surface area contributed by atoms with Crippen LogP contribution in [0.3, 0.4) is 0 Å². The van der Waals surface area contributed by atoms with Gasteiger partial charge in [-0.25, -0.2) is 0 Å². The van der Waals surface area contributed by atoms with Crippen LogP contribution in [0.2, 0.25) is 0 Å². The number of amides is 1. The molecule has 0 saturated heterocycles. The number of rotatable bonds is 7. The van der Waals surface area contributed by atoms with Crippen molar-refractivity contribution in [1.29, 1.82) is 0 Å². The Kier molecular flexibility index (Phi) is 6.47. The summed E-state index contributed by atoms with van der Waals surface area (Å²) in [6.45, 7) is 1.18. The Morgan fingerprint density at radius 3 is 2.63 bits per heavy atom. The average molecular weight is 349 g/mol. The van der Waals surface area contributed by atoms with Crippen LogP contribution in [0, 0.1) is 0 Å². The lowest BCUT2D eigenvalue weighted by molar-refractivity contribution is -0.138. The number of nitrogens with zero attached hydrogens (tertiary/aromatic N) is 2. The molecule has 1 aromatic rings. The van der Waals surface area contributed by atoms with Crippen molar-refractivity contribution in [1.82, 2.24) is 9.80 Å². The van der Waals surface area contributed by atoms with Gasteiger partial charge < -0.3 is 10.0 Å². The predicted molar refractivity (Wildman–Crippen MR) is 78.2 cm³/mol. The van der Waals surface area contributed by atoms with Crippen LogP contribution in [0.5, 0.6) is 0 Å². The quantitative estimate of drug-likeness (QED) is 0.817. The summed E-state index contributed by atoms with van der Waals surface area (Å²) in [6.07, 6.45) is 0.0470. The standard InChI is InChI=1S/C12H17BrN2O3S/c1-14(4-3-12(17)18)7-11(16)15(2)6-10-5-9(13)8-19-10/h5,8H,3-4,6-7H2,1-2H3,(H,17,18). The number of aliphatic carboxylic acids is 1. The first-order valence-electron chi connectivity index (χ1n) is 5.75. The van der Waals surface area contributed by atoms with Gasteiger partial charge in [0.1, 0.15) is 0 Å². The number of carbonyl (C=O) groups is 2. The molecule has 19 heavy (non-hydrogen) atoms. The highest BCUT2D eigenvalue weighted by molar-refractivity contribution is 9.10. The van der Waals surface area contributed by atoms with Crippen molar-refractivity contribution in [2.24, 2.45) is 0 Å². The molecular weight excluding hydrogens is 332 g/mol. The van der Waals surface area contributed by atoms with Crippen LogP contribution in [0.25, 0.3) is 0 Å². The first-order chi connectivity index (χ1) is 8.88. The van der Waals surface area contributed by atoms with E-state index in [1.54, 1.807) is 35.2 Å². The van der Waals surface area contributed by atoms with Gasteiger partial charge in [-0.2, -0.15) is 0 Å². The molecule has 0 atom stereocenters. The second-order valence-corrected chi connectivity index (χ2v) is 6.27. The SMILES string of the molecule is CN(CCC(=O)O)CC(=O)N(C)Cc1cc(Br)cs1. The Morgan fingerprint density at radius 1 is 1.42 bits per heavy atom. The van der Waals surface area contributed by atoms with Crippen molar-refractivity contribution in [3.05, 3.63) is 20.8 Å². The molecule has 0 fully saturated rings. The van der Waals surface area contributed by atoms with Crippen LogP contribution in [-0.2, 0) is 16.1 Å². The van der Waals surface area contributed by atoms with E-state index in [2.05, 4.69) is 15.9 Å². The molecule has 1 N–H and O–H groups in total. The van der Waals surface area contributed by atoms with Crippen LogP contribution < -0.4 is 0 Å². The lowest BCUT2D eigenvalue weighted by atomic mass is 10.3. The van der Waals surface area contributed by atoms with Crippen molar-refractivity contribution in [3.8, 4) is 0 Å². The molecule has 7 heteroatoms. The highest BCUT2D eigenvalue weighted by atomic mass is 79.9. The molecule has 5 nitrogen and oxygen atoms in total. The van der Waals surface area contributed by atoms with Gasteiger partial charge in [-0.3, -0.25) is 14.5 Å². The second-order valence-electron chi connectivity index (χ2n) is 4.36. The van der Waals surface area contributed by atoms with E-state index in [4.69, 9.17) is 5.11 Å². The highest BCUT2D eigenvalue weighted by Crippen LogP contribution is 2.20. The Balaban J connectivity index is 2.37. The first-order valence-corrected chi connectivity index (χ1v) is 7.43. The largest absolute Gasteiger partial charge is 0.481 e. The lowest BCUT2D eigenvalue weighted by Crippen LogP contribution is -2.36. The molecule has 0 radical (unpaired) electrons. The molecule has 0 aliphatic carbocycles. The third-order valence-corrected chi connectivity index (χ3v) is 4.24. The molecule has 0 saturated carbocycles. The lowest BCUT2D eigenvalue weighted by Gasteiger charge is -2.21. The fraction of sp³-hybridized carbons (Fsp3) is 0.500. The van der Waals surface area contributed by atoms with Gasteiger partial charge in [-0.05, 0) is 29.0 Å². The number of halogens is 1. The van der Waals surface area contributed by atoms with Crippen LogP contribution in [0.1, 0.15) is 11.3 Å². The maximum Gasteiger partial charge on any atom is 0.304 e. The highest BCUT2D eigenvalue weighted by Gasteiger charge is 2.13. The smallest absolute Gasteiger partial charge is 0.304 e. The molecule has 0 aliphatic rings. The van der Waals surface area contributed by atoms with E-state index < -0.39 is 5.97 Å². The van der Waals surface area contributed by atoms with E-state index in [-0.39, 0.29) is 18.9 Å². The maximum absolute atomic E-state index is 11.9. The Bertz CT molecular complexity index is 450. The predicted octanol–water partition coefficient (Wildman–Crippen LogP) is 1.88. The number of carbonyl (C=O) groups excluding carboxylic acids is 1. The molecule has 0 aliphatic heterocycles. The summed E-state index contributed by atoms with van der Waals surface area (Å²) in [5.74, 6) is -0.867. The minimum atomic E-state index is -0.851. The summed E-state index contributed by atoms with van der Waals surface area (Å²) in [5, 5.41) is 10.6. The zero-order valence-electron chi connectivity index (χ0n) is 10.9. The number of carboxylic acid groups (broad SMARTS) is 1. The fourth-order valence-electron chi connectivity index (χ4n) is 1.48. The van der Waals surface area contributed by atoms with E-state index >= 15 is 0 Å². The van der Waals surface area contributed by atoms with Crippen LogP contribution in [-0.4, -0.2) is 54.0 Å². The molecule has 0 spiro atoms. The molecule has 0 aromatic carbocycles. The van der Waals surface area contributed by atoms with Gasteiger partial charge in [0.25, 0.3) is 0 Å². The zero-order chi connectivity index (χ0) is 14.4. The molecular formula is C12H17BrN2O3S. The molecule has 1 rings (SSSR count). The monoisotopic (exact) mass is 348 g/mol. The summed E-state index contributed by atoms with van der Waals surface area (Å²) >= 11 is 4.97. The van der Waals surface area contributed by atoms with Crippen LogP contribution in [0.15, 0.2) is 15.9 Å².